The van der Waals surface area contributed by atoms with E-state index in [0.717, 1.165) is 10.4 Å². The van der Waals surface area contributed by atoms with Crippen molar-refractivity contribution in [3.63, 3.8) is 0 Å². The lowest BCUT2D eigenvalue weighted by molar-refractivity contribution is -0.154. The predicted octanol–water partition coefficient (Wildman–Crippen LogP) is 2.95. The molecule has 1 aromatic heterocycles. The summed E-state index contributed by atoms with van der Waals surface area (Å²) in [6.07, 6.45) is -0.159. The molecule has 0 spiro atoms. The summed E-state index contributed by atoms with van der Waals surface area (Å²) in [6, 6.07) is 9.34. The average molecular weight is 377 g/mol. The Morgan fingerprint density at radius 2 is 1.92 bits per heavy atom. The number of methoxy groups -OCH3 is 2. The molecular formula is C19H23NO5S. The van der Waals surface area contributed by atoms with Gasteiger partial charge in [0.1, 0.15) is 0 Å². The smallest absolute Gasteiger partial charge is 0.306 e. The molecule has 140 valence electrons. The van der Waals surface area contributed by atoms with Crippen LogP contribution in [0.1, 0.15) is 23.8 Å². The summed E-state index contributed by atoms with van der Waals surface area (Å²) in [4.78, 5) is 25.0. The van der Waals surface area contributed by atoms with Crippen LogP contribution in [0, 0.1) is 0 Å². The molecule has 1 atom stereocenters. The standard InChI is InChI=1S/C19H23NO5S/c1-13(19(22)20-12-15-5-4-10-26-15)25-18(21)9-7-14-6-8-16(23-2)17(11-14)24-3/h4-6,8,10-11,13H,7,9,12H2,1-3H3,(H,20,22)/t13-/m1/s1. The van der Waals surface area contributed by atoms with E-state index in [9.17, 15) is 9.59 Å². The van der Waals surface area contributed by atoms with Gasteiger partial charge in [0.25, 0.3) is 5.91 Å². The number of hydrogen-bond donors (Lipinski definition) is 1. The zero-order chi connectivity index (χ0) is 18.9. The summed E-state index contributed by atoms with van der Waals surface area (Å²) in [5.41, 5.74) is 0.925. The monoisotopic (exact) mass is 377 g/mol. The third kappa shape index (κ3) is 5.77. The van der Waals surface area contributed by atoms with Gasteiger partial charge in [-0.25, -0.2) is 0 Å². The van der Waals surface area contributed by atoms with Crippen LogP contribution < -0.4 is 14.8 Å². The van der Waals surface area contributed by atoms with Crippen molar-refractivity contribution in [2.45, 2.75) is 32.4 Å². The highest BCUT2D eigenvalue weighted by atomic mass is 32.1. The molecule has 0 aliphatic rings. The van der Waals surface area contributed by atoms with Crippen molar-refractivity contribution < 1.29 is 23.8 Å². The molecule has 0 aliphatic heterocycles. The molecule has 26 heavy (non-hydrogen) atoms. The van der Waals surface area contributed by atoms with Crippen molar-refractivity contribution >= 4 is 23.2 Å². The number of esters is 1. The van der Waals surface area contributed by atoms with E-state index in [0.29, 0.717) is 24.5 Å². The molecule has 2 rings (SSSR count). The van der Waals surface area contributed by atoms with Crippen LogP contribution in [0.3, 0.4) is 0 Å². The van der Waals surface area contributed by atoms with Gasteiger partial charge in [-0.1, -0.05) is 12.1 Å². The summed E-state index contributed by atoms with van der Waals surface area (Å²) in [6.45, 7) is 2.00. The number of benzene rings is 1. The fraction of sp³-hybridized carbons (Fsp3) is 0.368. The average Bonchev–Trinajstić information content (AvgIpc) is 3.17. The Morgan fingerprint density at radius 1 is 1.15 bits per heavy atom. The Kier molecular flexibility index (Phi) is 7.47. The topological polar surface area (TPSA) is 73.9 Å². The van der Waals surface area contributed by atoms with Crippen LogP contribution in [0.4, 0.5) is 0 Å². The van der Waals surface area contributed by atoms with Gasteiger partial charge in [-0.3, -0.25) is 9.59 Å². The van der Waals surface area contributed by atoms with E-state index in [2.05, 4.69) is 5.32 Å². The van der Waals surface area contributed by atoms with Gasteiger partial charge in [0.2, 0.25) is 0 Å². The van der Waals surface area contributed by atoms with E-state index in [1.54, 1.807) is 38.5 Å². The van der Waals surface area contributed by atoms with Crippen LogP contribution >= 0.6 is 11.3 Å². The number of hydrogen-bond acceptors (Lipinski definition) is 6. The minimum atomic E-state index is -0.826. The maximum absolute atomic E-state index is 12.0. The molecule has 0 saturated carbocycles. The molecule has 1 amide bonds. The lowest BCUT2D eigenvalue weighted by Crippen LogP contribution is -2.35. The highest BCUT2D eigenvalue weighted by molar-refractivity contribution is 7.09. The molecule has 6 nitrogen and oxygen atoms in total. The van der Waals surface area contributed by atoms with Gasteiger partial charge in [0.15, 0.2) is 17.6 Å². The van der Waals surface area contributed by atoms with E-state index < -0.39 is 12.1 Å². The molecule has 1 aromatic carbocycles. The van der Waals surface area contributed by atoms with Crippen molar-refractivity contribution in [2.75, 3.05) is 14.2 Å². The van der Waals surface area contributed by atoms with Crippen LogP contribution in [0.2, 0.25) is 0 Å². The number of thiophene rings is 1. The second kappa shape index (κ2) is 9.82. The summed E-state index contributed by atoms with van der Waals surface area (Å²) >= 11 is 1.56. The highest BCUT2D eigenvalue weighted by Gasteiger charge is 2.17. The van der Waals surface area contributed by atoms with Gasteiger partial charge < -0.3 is 19.5 Å². The van der Waals surface area contributed by atoms with Gasteiger partial charge in [-0.05, 0) is 42.5 Å². The number of amides is 1. The third-order valence-corrected chi connectivity index (χ3v) is 4.64. The maximum Gasteiger partial charge on any atom is 0.306 e. The van der Waals surface area contributed by atoms with E-state index in [1.165, 1.54) is 0 Å². The van der Waals surface area contributed by atoms with Crippen molar-refractivity contribution in [3.05, 3.63) is 46.2 Å². The lowest BCUT2D eigenvalue weighted by Gasteiger charge is -2.13. The number of nitrogens with one attached hydrogen (secondary N) is 1. The molecule has 1 N–H and O–H groups in total. The quantitative estimate of drug-likeness (QED) is 0.680. The summed E-state index contributed by atoms with van der Waals surface area (Å²) in [5, 5.41) is 4.70. The SMILES string of the molecule is COc1ccc(CCC(=O)O[C@H](C)C(=O)NCc2cccs2)cc1OC. The molecule has 0 fully saturated rings. The number of carbonyl (C=O) groups excluding carboxylic acids is 2. The van der Waals surface area contributed by atoms with Crippen molar-refractivity contribution in [3.8, 4) is 11.5 Å². The fourth-order valence-electron chi connectivity index (χ4n) is 2.32. The largest absolute Gasteiger partial charge is 0.493 e. The highest BCUT2D eigenvalue weighted by Crippen LogP contribution is 2.28. The zero-order valence-corrected chi connectivity index (χ0v) is 15.9. The first-order valence-electron chi connectivity index (χ1n) is 8.24. The first-order valence-corrected chi connectivity index (χ1v) is 9.12. The van der Waals surface area contributed by atoms with Crippen LogP contribution in [-0.4, -0.2) is 32.2 Å². The Labute approximate surface area is 157 Å². The Hall–Kier alpha value is -2.54. The van der Waals surface area contributed by atoms with Gasteiger partial charge >= 0.3 is 5.97 Å². The summed E-state index contributed by atoms with van der Waals surface area (Å²) in [7, 11) is 3.13. The van der Waals surface area contributed by atoms with Crippen LogP contribution in [-0.2, 0) is 27.3 Å². The molecule has 1 heterocycles. The Morgan fingerprint density at radius 3 is 2.58 bits per heavy atom. The Balaban J connectivity index is 1.77. The number of aryl methyl sites for hydroxylation is 1. The molecule has 0 aliphatic carbocycles. The van der Waals surface area contributed by atoms with E-state index >= 15 is 0 Å². The van der Waals surface area contributed by atoms with Crippen LogP contribution in [0.25, 0.3) is 0 Å². The van der Waals surface area contributed by atoms with Gasteiger partial charge in [0, 0.05) is 11.3 Å². The third-order valence-electron chi connectivity index (χ3n) is 3.76. The molecule has 2 aromatic rings. The maximum atomic E-state index is 12.0. The molecule has 0 bridgehead atoms. The van der Waals surface area contributed by atoms with Crippen LogP contribution in [0.5, 0.6) is 11.5 Å². The number of rotatable bonds is 9. The normalized spacial score (nSPS) is 11.5. The number of ether oxygens (including phenoxy) is 3. The van der Waals surface area contributed by atoms with Gasteiger partial charge in [-0.2, -0.15) is 0 Å². The second-order valence-corrected chi connectivity index (χ2v) is 6.65. The zero-order valence-electron chi connectivity index (χ0n) is 15.1. The molecule has 0 saturated heterocycles. The lowest BCUT2D eigenvalue weighted by atomic mass is 10.1. The van der Waals surface area contributed by atoms with E-state index in [-0.39, 0.29) is 12.3 Å². The van der Waals surface area contributed by atoms with E-state index in [1.807, 2.05) is 29.6 Å². The number of carbonyl (C=O) groups is 2. The summed E-state index contributed by atoms with van der Waals surface area (Å²) < 4.78 is 15.6. The van der Waals surface area contributed by atoms with Crippen molar-refractivity contribution in [1.29, 1.82) is 0 Å². The van der Waals surface area contributed by atoms with Crippen molar-refractivity contribution in [1.82, 2.24) is 5.32 Å². The second-order valence-electron chi connectivity index (χ2n) is 5.62. The predicted molar refractivity (Wildman–Crippen MR) is 99.6 cm³/mol. The first kappa shape index (κ1) is 19.8. The van der Waals surface area contributed by atoms with E-state index in [4.69, 9.17) is 14.2 Å². The molecular weight excluding hydrogens is 354 g/mol. The summed E-state index contributed by atoms with van der Waals surface area (Å²) in [5.74, 6) is 0.519. The van der Waals surface area contributed by atoms with Crippen molar-refractivity contribution in [2.24, 2.45) is 0 Å². The molecule has 0 radical (unpaired) electrons. The minimum absolute atomic E-state index is 0.179. The van der Waals surface area contributed by atoms with Gasteiger partial charge in [0.05, 0.1) is 20.8 Å². The molecule has 0 unspecified atom stereocenters. The van der Waals surface area contributed by atoms with Crippen LogP contribution in [0.15, 0.2) is 35.7 Å². The first-order chi connectivity index (χ1) is 12.5. The van der Waals surface area contributed by atoms with Gasteiger partial charge in [-0.15, -0.1) is 11.3 Å². The fourth-order valence-corrected chi connectivity index (χ4v) is 2.97. The minimum Gasteiger partial charge on any atom is -0.493 e. The molecule has 7 heteroatoms. The Bertz CT molecular complexity index is 730.